The van der Waals surface area contributed by atoms with Gasteiger partial charge >= 0.3 is 0 Å². The number of H-pyrrole nitrogens is 1. The quantitative estimate of drug-likeness (QED) is 0.336. The molecular weight excluding hydrogens is 506 g/mol. The second-order valence-corrected chi connectivity index (χ2v) is 9.72. The third-order valence-electron chi connectivity index (χ3n) is 6.77. The summed E-state index contributed by atoms with van der Waals surface area (Å²) in [7, 11) is 1.71. The maximum Gasteiger partial charge on any atom is 0.244 e. The number of aryl methyl sites for hydroxylation is 1. The first-order chi connectivity index (χ1) is 18.5. The summed E-state index contributed by atoms with van der Waals surface area (Å²) < 4.78 is 13.1. The predicted molar refractivity (Wildman–Crippen MR) is 143 cm³/mol. The molecule has 38 heavy (non-hydrogen) atoms. The zero-order valence-corrected chi connectivity index (χ0v) is 21.8. The van der Waals surface area contributed by atoms with E-state index >= 15 is 0 Å². The van der Waals surface area contributed by atoms with Gasteiger partial charge in [-0.1, -0.05) is 11.6 Å². The number of piperidine rings is 1. The van der Waals surface area contributed by atoms with Crippen molar-refractivity contribution in [3.8, 4) is 22.8 Å². The van der Waals surface area contributed by atoms with Crippen molar-refractivity contribution < 1.29 is 14.3 Å². The van der Waals surface area contributed by atoms with Crippen LogP contribution in [0.2, 0.25) is 5.02 Å². The topological polar surface area (TPSA) is 111 Å². The number of carbonyl (C=O) groups excluding carboxylic acids is 1. The van der Waals surface area contributed by atoms with Crippen molar-refractivity contribution in [3.05, 3.63) is 59.8 Å². The van der Waals surface area contributed by atoms with E-state index in [1.54, 1.807) is 36.4 Å². The van der Waals surface area contributed by atoms with Gasteiger partial charge in [-0.2, -0.15) is 5.10 Å². The van der Waals surface area contributed by atoms with Crippen LogP contribution >= 0.6 is 11.6 Å². The number of fused-ring (bicyclic) bond motifs is 2. The maximum atomic E-state index is 12.7. The number of hydrogen-bond acceptors (Lipinski definition) is 7. The molecule has 0 radical (unpaired) electrons. The fraction of sp³-hybridized carbons (Fsp3) is 0.296. The summed E-state index contributed by atoms with van der Waals surface area (Å²) in [5.74, 6) is 1.97. The highest BCUT2D eigenvalue weighted by atomic mass is 35.5. The number of nitrogens with zero attached hydrogens (tertiary/aromatic N) is 6. The lowest BCUT2D eigenvalue weighted by atomic mass is 10.1. The number of amides is 1. The number of aromatic amines is 1. The summed E-state index contributed by atoms with van der Waals surface area (Å²) >= 11 is 6.73. The molecule has 1 amide bonds. The average Bonchev–Trinajstić information content (AvgIpc) is 3.55. The van der Waals surface area contributed by atoms with E-state index in [0.717, 1.165) is 35.3 Å². The molecule has 0 spiro atoms. The van der Waals surface area contributed by atoms with Crippen LogP contribution in [0.25, 0.3) is 33.3 Å². The molecule has 194 valence electrons. The van der Waals surface area contributed by atoms with Gasteiger partial charge in [-0.3, -0.25) is 14.5 Å². The Labute approximate surface area is 223 Å². The van der Waals surface area contributed by atoms with Gasteiger partial charge in [-0.15, -0.1) is 0 Å². The summed E-state index contributed by atoms with van der Waals surface area (Å²) in [6.07, 6.45) is 7.07. The van der Waals surface area contributed by atoms with Crippen molar-refractivity contribution >= 4 is 39.6 Å². The largest absolute Gasteiger partial charge is 0.456 e. The Morgan fingerprint density at radius 3 is 2.76 bits per heavy atom. The summed E-state index contributed by atoms with van der Waals surface area (Å²) in [6, 6.07) is 9.22. The fourth-order valence-electron chi connectivity index (χ4n) is 4.71. The number of likely N-dealkylation sites (tertiary alicyclic amines) is 1. The van der Waals surface area contributed by atoms with Crippen molar-refractivity contribution in [1.82, 2.24) is 34.6 Å². The lowest BCUT2D eigenvalue weighted by molar-refractivity contribution is -0.134. The van der Waals surface area contributed by atoms with Gasteiger partial charge in [0.2, 0.25) is 5.91 Å². The third kappa shape index (κ3) is 4.80. The van der Waals surface area contributed by atoms with Gasteiger partial charge < -0.3 is 19.4 Å². The van der Waals surface area contributed by atoms with Gasteiger partial charge in [-0.25, -0.2) is 9.97 Å². The van der Waals surface area contributed by atoms with Crippen LogP contribution in [-0.4, -0.2) is 66.8 Å². The summed E-state index contributed by atoms with van der Waals surface area (Å²) in [5.41, 5.74) is 4.26. The smallest absolute Gasteiger partial charge is 0.244 e. The van der Waals surface area contributed by atoms with Gasteiger partial charge in [0.25, 0.3) is 0 Å². The number of carbonyl (C=O) groups is 1. The molecular formula is C27H26ClN7O3. The summed E-state index contributed by atoms with van der Waals surface area (Å²) in [4.78, 5) is 31.5. The molecule has 6 rings (SSSR count). The second-order valence-electron chi connectivity index (χ2n) is 9.35. The van der Waals surface area contributed by atoms with E-state index in [4.69, 9.17) is 26.1 Å². The number of imidazole rings is 1. The Morgan fingerprint density at radius 1 is 1.13 bits per heavy atom. The number of aromatic nitrogens is 6. The molecule has 0 bridgehead atoms. The third-order valence-corrected chi connectivity index (χ3v) is 7.14. The molecule has 1 aliphatic rings. The Bertz CT molecular complexity index is 1640. The first-order valence-electron chi connectivity index (χ1n) is 12.4. The Balaban J connectivity index is 1.21. The number of ether oxygens (including phenoxy) is 2. The monoisotopic (exact) mass is 531 g/mol. The van der Waals surface area contributed by atoms with Crippen LogP contribution in [0.1, 0.15) is 18.7 Å². The molecule has 1 saturated heterocycles. The maximum absolute atomic E-state index is 12.7. The second kappa shape index (κ2) is 10.0. The summed E-state index contributed by atoms with van der Waals surface area (Å²) in [5, 5.41) is 4.73. The van der Waals surface area contributed by atoms with Crippen molar-refractivity contribution in [3.63, 3.8) is 0 Å². The molecule has 2 aromatic carbocycles. The molecule has 1 fully saturated rings. The minimum atomic E-state index is 0.0344. The van der Waals surface area contributed by atoms with Crippen LogP contribution in [-0.2, 0) is 16.1 Å². The van der Waals surface area contributed by atoms with Gasteiger partial charge in [0.05, 0.1) is 40.7 Å². The minimum absolute atomic E-state index is 0.0344. The Hall–Kier alpha value is -4.02. The van der Waals surface area contributed by atoms with E-state index in [2.05, 4.69) is 20.1 Å². The van der Waals surface area contributed by atoms with E-state index in [1.807, 2.05) is 36.1 Å². The first-order valence-corrected chi connectivity index (χ1v) is 12.8. The lowest BCUT2D eigenvalue weighted by Crippen LogP contribution is -2.42. The SMILES string of the molecule is COC1CCN(C(=O)Cn2cc(-c3cnc4ccc(Oc5ccc6nc(C)[nH]c6c5)c(Cl)c4n3)cn2)CC1. The Kier molecular flexibility index (Phi) is 6.42. The molecule has 11 heteroatoms. The number of methoxy groups -OCH3 is 1. The van der Waals surface area contributed by atoms with Crippen LogP contribution in [0, 0.1) is 6.92 Å². The molecule has 1 aliphatic heterocycles. The van der Waals surface area contributed by atoms with Gasteiger partial charge in [0.1, 0.15) is 34.4 Å². The standard InChI is InChI=1S/C27H26ClN7O3/c1-16-31-20-4-3-19(11-22(20)32-16)38-24-6-5-21-27(26(24)28)33-23(13-29-21)17-12-30-35(14-17)15-25(36)34-9-7-18(37-2)8-10-34/h3-6,11-14,18H,7-10,15H2,1-2H3,(H,31,32). The molecule has 0 aliphatic carbocycles. The van der Waals surface area contributed by atoms with Crippen molar-refractivity contribution in [2.24, 2.45) is 0 Å². The predicted octanol–water partition coefficient (Wildman–Crippen LogP) is 4.76. The van der Waals surface area contributed by atoms with Gasteiger partial charge in [0.15, 0.2) is 0 Å². The van der Waals surface area contributed by atoms with E-state index < -0.39 is 0 Å². The van der Waals surface area contributed by atoms with Crippen LogP contribution < -0.4 is 4.74 Å². The van der Waals surface area contributed by atoms with Crippen molar-refractivity contribution in [2.45, 2.75) is 32.4 Å². The van der Waals surface area contributed by atoms with Gasteiger partial charge in [-0.05, 0) is 44.0 Å². The minimum Gasteiger partial charge on any atom is -0.456 e. The molecule has 0 unspecified atom stereocenters. The average molecular weight is 532 g/mol. The van der Waals surface area contributed by atoms with E-state index in [0.29, 0.717) is 46.3 Å². The number of halogens is 1. The molecule has 1 N–H and O–H groups in total. The highest BCUT2D eigenvalue weighted by Gasteiger charge is 2.23. The van der Waals surface area contributed by atoms with Crippen molar-refractivity contribution in [2.75, 3.05) is 20.2 Å². The fourth-order valence-corrected chi connectivity index (χ4v) is 4.95. The molecule has 0 atom stereocenters. The van der Waals surface area contributed by atoms with Gasteiger partial charge in [0, 0.05) is 38.0 Å². The molecule has 3 aromatic heterocycles. The Morgan fingerprint density at radius 2 is 1.95 bits per heavy atom. The first kappa shape index (κ1) is 24.3. The zero-order valence-electron chi connectivity index (χ0n) is 21.0. The molecule has 5 aromatic rings. The summed E-state index contributed by atoms with van der Waals surface area (Å²) in [6.45, 7) is 3.46. The van der Waals surface area contributed by atoms with Crippen LogP contribution in [0.5, 0.6) is 11.5 Å². The highest BCUT2D eigenvalue weighted by molar-refractivity contribution is 6.36. The van der Waals surface area contributed by atoms with E-state index in [9.17, 15) is 4.79 Å². The van der Waals surface area contributed by atoms with E-state index in [1.165, 1.54) is 0 Å². The van der Waals surface area contributed by atoms with E-state index in [-0.39, 0.29) is 18.6 Å². The number of benzene rings is 2. The molecule has 0 saturated carbocycles. The van der Waals surface area contributed by atoms with Crippen LogP contribution in [0.3, 0.4) is 0 Å². The van der Waals surface area contributed by atoms with Crippen LogP contribution in [0.15, 0.2) is 48.9 Å². The number of nitrogens with one attached hydrogen (secondary N) is 1. The van der Waals surface area contributed by atoms with Crippen molar-refractivity contribution in [1.29, 1.82) is 0 Å². The zero-order chi connectivity index (χ0) is 26.2. The highest BCUT2D eigenvalue weighted by Crippen LogP contribution is 2.35. The molecule has 10 nitrogen and oxygen atoms in total. The normalized spacial score (nSPS) is 14.4. The number of rotatable bonds is 6. The van der Waals surface area contributed by atoms with Crippen LogP contribution in [0.4, 0.5) is 0 Å². The molecule has 4 heterocycles. The lowest BCUT2D eigenvalue weighted by Gasteiger charge is -2.31. The number of hydrogen-bond donors (Lipinski definition) is 1.